The van der Waals surface area contributed by atoms with Gasteiger partial charge in [0, 0.05) is 7.11 Å². The highest BCUT2D eigenvalue weighted by Crippen LogP contribution is 2.12. The van der Waals surface area contributed by atoms with Crippen molar-refractivity contribution in [2.75, 3.05) is 7.11 Å². The van der Waals surface area contributed by atoms with E-state index in [4.69, 9.17) is 10.2 Å². The first kappa shape index (κ1) is 18.2. The standard InChI is InChI=1S/C11H22O2S.CH4O/c1-2-3-4-5-6-7-8-9-10(14)11(12)13;1-2/h10,14H,2-9H2,1H3,(H,12,13);2H,1H3. The highest BCUT2D eigenvalue weighted by atomic mass is 32.1. The second kappa shape index (κ2) is 14.8. The Morgan fingerprint density at radius 3 is 1.94 bits per heavy atom. The first-order chi connectivity index (χ1) is 7.68. The molecule has 0 saturated heterocycles. The highest BCUT2D eigenvalue weighted by Gasteiger charge is 2.10. The van der Waals surface area contributed by atoms with Gasteiger partial charge in [-0.25, -0.2) is 0 Å². The molecule has 0 fully saturated rings. The third-order valence-electron chi connectivity index (χ3n) is 2.37. The molecule has 2 N–H and O–H groups in total. The molecule has 98 valence electrons. The van der Waals surface area contributed by atoms with Crippen LogP contribution in [-0.4, -0.2) is 28.5 Å². The lowest BCUT2D eigenvalue weighted by molar-refractivity contribution is -0.136. The van der Waals surface area contributed by atoms with E-state index < -0.39 is 11.2 Å². The van der Waals surface area contributed by atoms with E-state index in [0.717, 1.165) is 20.0 Å². The van der Waals surface area contributed by atoms with Crippen LogP contribution in [0.2, 0.25) is 0 Å². The van der Waals surface area contributed by atoms with Crippen molar-refractivity contribution in [2.45, 2.75) is 63.5 Å². The monoisotopic (exact) mass is 250 g/mol. The molecule has 0 aliphatic heterocycles. The minimum atomic E-state index is -0.792. The van der Waals surface area contributed by atoms with Crippen molar-refractivity contribution in [3.8, 4) is 0 Å². The Hall–Kier alpha value is -0.220. The lowest BCUT2D eigenvalue weighted by atomic mass is 10.1. The van der Waals surface area contributed by atoms with Gasteiger partial charge >= 0.3 is 5.97 Å². The normalized spacial score (nSPS) is 11.5. The number of carboxylic acids is 1. The summed E-state index contributed by atoms with van der Waals surface area (Å²) in [6.45, 7) is 2.21. The number of hydrogen-bond acceptors (Lipinski definition) is 3. The van der Waals surface area contributed by atoms with E-state index in [-0.39, 0.29) is 0 Å². The Labute approximate surface area is 105 Å². The summed E-state index contributed by atoms with van der Waals surface area (Å²) in [7, 11) is 1.00. The van der Waals surface area contributed by atoms with Gasteiger partial charge in [-0.2, -0.15) is 12.6 Å². The second-order valence-corrected chi connectivity index (χ2v) is 4.39. The van der Waals surface area contributed by atoms with Gasteiger partial charge in [0.2, 0.25) is 0 Å². The maximum atomic E-state index is 10.4. The number of thiol groups is 1. The zero-order valence-corrected chi connectivity index (χ0v) is 11.4. The van der Waals surface area contributed by atoms with Crippen LogP contribution in [0.25, 0.3) is 0 Å². The first-order valence-corrected chi connectivity index (χ1v) is 6.55. The van der Waals surface area contributed by atoms with Crippen LogP contribution in [0.3, 0.4) is 0 Å². The fourth-order valence-corrected chi connectivity index (χ4v) is 1.60. The van der Waals surface area contributed by atoms with Crippen LogP contribution in [0, 0.1) is 0 Å². The van der Waals surface area contributed by atoms with E-state index in [2.05, 4.69) is 19.6 Å². The number of rotatable bonds is 9. The SMILES string of the molecule is CCCCCCCCCC(S)C(=O)O.CO. The molecule has 0 amide bonds. The molecule has 0 rings (SSSR count). The minimum Gasteiger partial charge on any atom is -0.480 e. The average Bonchev–Trinajstić information content (AvgIpc) is 2.30. The van der Waals surface area contributed by atoms with E-state index in [0.29, 0.717) is 6.42 Å². The zero-order valence-electron chi connectivity index (χ0n) is 10.5. The summed E-state index contributed by atoms with van der Waals surface area (Å²) in [4.78, 5) is 10.4. The van der Waals surface area contributed by atoms with Crippen LogP contribution in [0.15, 0.2) is 0 Å². The second-order valence-electron chi connectivity index (χ2n) is 3.76. The number of aliphatic hydroxyl groups is 1. The highest BCUT2D eigenvalue weighted by molar-refractivity contribution is 7.81. The van der Waals surface area contributed by atoms with Crippen molar-refractivity contribution in [1.29, 1.82) is 0 Å². The van der Waals surface area contributed by atoms with Crippen molar-refractivity contribution in [2.24, 2.45) is 0 Å². The molecule has 16 heavy (non-hydrogen) atoms. The smallest absolute Gasteiger partial charge is 0.316 e. The Bertz CT molecular complexity index is 151. The molecule has 0 spiro atoms. The molecule has 0 heterocycles. The van der Waals surface area contributed by atoms with Crippen LogP contribution >= 0.6 is 12.6 Å². The number of carboxylic acid groups (broad SMARTS) is 1. The van der Waals surface area contributed by atoms with Crippen LogP contribution < -0.4 is 0 Å². The Kier molecular flexibility index (Phi) is 16.8. The summed E-state index contributed by atoms with van der Waals surface area (Å²) >= 11 is 3.98. The topological polar surface area (TPSA) is 57.5 Å². The summed E-state index contributed by atoms with van der Waals surface area (Å²) in [5.74, 6) is -0.792. The van der Waals surface area contributed by atoms with Gasteiger partial charge in [-0.1, -0.05) is 51.9 Å². The Balaban J connectivity index is 0. The molecule has 0 aromatic rings. The third kappa shape index (κ3) is 13.8. The quantitative estimate of drug-likeness (QED) is 0.435. The molecule has 1 unspecified atom stereocenters. The number of aliphatic hydroxyl groups excluding tert-OH is 1. The van der Waals surface area contributed by atoms with Gasteiger partial charge in [0.05, 0.1) is 5.25 Å². The third-order valence-corrected chi connectivity index (χ3v) is 2.85. The predicted molar refractivity (Wildman–Crippen MR) is 71.2 cm³/mol. The van der Waals surface area contributed by atoms with Gasteiger partial charge in [0.25, 0.3) is 0 Å². The molecular weight excluding hydrogens is 224 g/mol. The van der Waals surface area contributed by atoms with Crippen LogP contribution in [-0.2, 0) is 4.79 Å². The molecule has 3 nitrogen and oxygen atoms in total. The molecule has 0 aromatic carbocycles. The summed E-state index contributed by atoms with van der Waals surface area (Å²) in [6.07, 6.45) is 9.28. The lowest BCUT2D eigenvalue weighted by Crippen LogP contribution is -2.12. The largest absolute Gasteiger partial charge is 0.480 e. The predicted octanol–water partition coefficient (Wildman–Crippen LogP) is 3.12. The van der Waals surface area contributed by atoms with E-state index in [1.165, 1.54) is 32.1 Å². The summed E-state index contributed by atoms with van der Waals surface area (Å²) in [5, 5.41) is 15.1. The lowest BCUT2D eigenvalue weighted by Gasteiger charge is -2.04. The van der Waals surface area contributed by atoms with E-state index in [1.54, 1.807) is 0 Å². The number of aliphatic carboxylic acids is 1. The van der Waals surface area contributed by atoms with Crippen LogP contribution in [0.4, 0.5) is 0 Å². The molecule has 0 saturated carbocycles. The van der Waals surface area contributed by atoms with Crippen molar-refractivity contribution in [1.82, 2.24) is 0 Å². The average molecular weight is 250 g/mol. The minimum absolute atomic E-state index is 0.467. The van der Waals surface area contributed by atoms with Crippen LogP contribution in [0.1, 0.15) is 58.3 Å². The van der Waals surface area contributed by atoms with Crippen molar-refractivity contribution in [3.63, 3.8) is 0 Å². The van der Waals surface area contributed by atoms with E-state index >= 15 is 0 Å². The summed E-state index contributed by atoms with van der Waals surface area (Å²) in [5.41, 5.74) is 0. The fourth-order valence-electron chi connectivity index (χ4n) is 1.42. The van der Waals surface area contributed by atoms with E-state index in [1.807, 2.05) is 0 Å². The molecule has 0 aromatic heterocycles. The van der Waals surface area contributed by atoms with E-state index in [9.17, 15) is 4.79 Å². The number of unbranched alkanes of at least 4 members (excludes halogenated alkanes) is 6. The first-order valence-electron chi connectivity index (χ1n) is 6.04. The summed E-state index contributed by atoms with van der Waals surface area (Å²) in [6, 6.07) is 0. The molecule has 0 radical (unpaired) electrons. The number of hydrogen-bond donors (Lipinski definition) is 3. The van der Waals surface area contributed by atoms with Crippen molar-refractivity contribution in [3.05, 3.63) is 0 Å². The number of carbonyl (C=O) groups is 1. The van der Waals surface area contributed by atoms with Gasteiger partial charge in [-0.05, 0) is 6.42 Å². The van der Waals surface area contributed by atoms with Gasteiger partial charge in [-0.15, -0.1) is 0 Å². The van der Waals surface area contributed by atoms with Crippen LogP contribution in [0.5, 0.6) is 0 Å². The fraction of sp³-hybridized carbons (Fsp3) is 0.917. The van der Waals surface area contributed by atoms with Crippen molar-refractivity contribution < 1.29 is 15.0 Å². The van der Waals surface area contributed by atoms with Gasteiger partial charge in [-0.3, -0.25) is 4.79 Å². The zero-order chi connectivity index (χ0) is 12.8. The molecule has 4 heteroatoms. The molecule has 0 aliphatic carbocycles. The van der Waals surface area contributed by atoms with Gasteiger partial charge in [0.15, 0.2) is 0 Å². The molecule has 0 aliphatic rings. The molecule has 0 bridgehead atoms. The Morgan fingerprint density at radius 2 is 1.50 bits per heavy atom. The Morgan fingerprint density at radius 1 is 1.06 bits per heavy atom. The maximum Gasteiger partial charge on any atom is 0.316 e. The summed E-state index contributed by atoms with van der Waals surface area (Å²) < 4.78 is 0. The van der Waals surface area contributed by atoms with Crippen molar-refractivity contribution >= 4 is 18.6 Å². The molecular formula is C12H26O3S. The maximum absolute atomic E-state index is 10.4. The van der Waals surface area contributed by atoms with Gasteiger partial charge < -0.3 is 10.2 Å². The molecule has 1 atom stereocenters. The van der Waals surface area contributed by atoms with Gasteiger partial charge in [0.1, 0.15) is 0 Å².